The number of thiazole rings is 1. The van der Waals surface area contributed by atoms with E-state index in [-0.39, 0.29) is 12.0 Å². The number of hydrogen-bond acceptors (Lipinski definition) is 4. The molecule has 3 rings (SSSR count). The van der Waals surface area contributed by atoms with Gasteiger partial charge in [0.25, 0.3) is 5.91 Å². The number of hydrogen-bond donors (Lipinski definition) is 0. The molecule has 0 saturated carbocycles. The monoisotopic (exact) mass is 302 g/mol. The van der Waals surface area contributed by atoms with Gasteiger partial charge in [0.2, 0.25) is 0 Å². The standard InChI is InChI=1S/C16H18N2O2S/c1-11-15(21-10-17-11)16(19)18(2)8-14-7-12-5-3-4-6-13(12)9-20-14/h3-6,10,14H,7-9H2,1-2H3. The zero-order valence-corrected chi connectivity index (χ0v) is 13.0. The Morgan fingerprint density at radius 3 is 2.90 bits per heavy atom. The summed E-state index contributed by atoms with van der Waals surface area (Å²) in [6.45, 7) is 3.10. The third kappa shape index (κ3) is 2.99. The maximum Gasteiger partial charge on any atom is 0.265 e. The number of carbonyl (C=O) groups is 1. The summed E-state index contributed by atoms with van der Waals surface area (Å²) in [6, 6.07) is 8.32. The van der Waals surface area contributed by atoms with Gasteiger partial charge in [-0.3, -0.25) is 4.79 Å². The van der Waals surface area contributed by atoms with Crippen molar-refractivity contribution in [2.45, 2.75) is 26.1 Å². The average Bonchev–Trinajstić information content (AvgIpc) is 2.92. The van der Waals surface area contributed by atoms with Crippen LogP contribution < -0.4 is 0 Å². The van der Waals surface area contributed by atoms with Crippen molar-refractivity contribution in [2.24, 2.45) is 0 Å². The SMILES string of the molecule is Cc1ncsc1C(=O)N(C)CC1Cc2ccccc2CO1. The molecule has 0 fully saturated rings. The summed E-state index contributed by atoms with van der Waals surface area (Å²) >= 11 is 1.39. The molecule has 1 atom stereocenters. The van der Waals surface area contributed by atoms with Crippen LogP contribution in [-0.2, 0) is 17.8 Å². The highest BCUT2D eigenvalue weighted by atomic mass is 32.1. The highest BCUT2D eigenvalue weighted by Crippen LogP contribution is 2.21. The molecule has 0 saturated heterocycles. The third-order valence-corrected chi connectivity index (χ3v) is 4.72. The lowest BCUT2D eigenvalue weighted by molar-refractivity contribution is 0.00993. The Labute approximate surface area is 128 Å². The lowest BCUT2D eigenvalue weighted by atomic mass is 9.99. The van der Waals surface area contributed by atoms with E-state index in [0.29, 0.717) is 18.0 Å². The van der Waals surface area contributed by atoms with Crippen LogP contribution in [0.1, 0.15) is 26.5 Å². The molecular formula is C16H18N2O2S. The minimum absolute atomic E-state index is 0.0254. The van der Waals surface area contributed by atoms with Gasteiger partial charge in [-0.05, 0) is 18.1 Å². The van der Waals surface area contributed by atoms with Gasteiger partial charge in [-0.25, -0.2) is 4.98 Å². The molecule has 1 aromatic heterocycles. The fourth-order valence-electron chi connectivity index (χ4n) is 2.60. The lowest BCUT2D eigenvalue weighted by Gasteiger charge is -2.28. The first-order valence-electron chi connectivity index (χ1n) is 6.99. The van der Waals surface area contributed by atoms with Crippen molar-refractivity contribution in [3.63, 3.8) is 0 Å². The van der Waals surface area contributed by atoms with Crippen molar-refractivity contribution in [3.8, 4) is 0 Å². The van der Waals surface area contributed by atoms with Gasteiger partial charge < -0.3 is 9.64 Å². The average molecular weight is 302 g/mol. The van der Waals surface area contributed by atoms with Crippen molar-refractivity contribution in [1.29, 1.82) is 0 Å². The van der Waals surface area contributed by atoms with Crippen LogP contribution >= 0.6 is 11.3 Å². The number of benzene rings is 1. The summed E-state index contributed by atoms with van der Waals surface area (Å²) < 4.78 is 5.87. The molecule has 0 radical (unpaired) electrons. The Kier molecular flexibility index (Phi) is 4.03. The molecule has 1 aromatic carbocycles. The van der Waals surface area contributed by atoms with Crippen LogP contribution in [0.5, 0.6) is 0 Å². The second-order valence-electron chi connectivity index (χ2n) is 5.36. The van der Waals surface area contributed by atoms with Crippen LogP contribution in [0.2, 0.25) is 0 Å². The first-order valence-corrected chi connectivity index (χ1v) is 7.87. The third-order valence-electron chi connectivity index (χ3n) is 3.80. The molecule has 2 heterocycles. The van der Waals surface area contributed by atoms with E-state index in [0.717, 1.165) is 12.1 Å². The summed E-state index contributed by atoms with van der Waals surface area (Å²) in [6.07, 6.45) is 0.914. The highest BCUT2D eigenvalue weighted by molar-refractivity contribution is 7.11. The van der Waals surface area contributed by atoms with Crippen LogP contribution in [0, 0.1) is 6.92 Å². The molecule has 0 N–H and O–H groups in total. The van der Waals surface area contributed by atoms with Crippen molar-refractivity contribution in [3.05, 3.63) is 51.5 Å². The molecule has 0 bridgehead atoms. The highest BCUT2D eigenvalue weighted by Gasteiger charge is 2.23. The van der Waals surface area contributed by atoms with Crippen molar-refractivity contribution >= 4 is 17.2 Å². The Balaban J connectivity index is 1.65. The lowest BCUT2D eigenvalue weighted by Crippen LogP contribution is -2.38. The summed E-state index contributed by atoms with van der Waals surface area (Å²) in [7, 11) is 1.82. The van der Waals surface area contributed by atoms with E-state index in [1.54, 1.807) is 10.4 Å². The molecule has 4 nitrogen and oxygen atoms in total. The number of aromatic nitrogens is 1. The molecule has 0 aliphatic carbocycles. The Morgan fingerprint density at radius 1 is 1.43 bits per heavy atom. The first kappa shape index (κ1) is 14.2. The molecule has 5 heteroatoms. The van der Waals surface area contributed by atoms with Crippen molar-refractivity contribution < 1.29 is 9.53 Å². The van der Waals surface area contributed by atoms with Crippen molar-refractivity contribution in [1.82, 2.24) is 9.88 Å². The van der Waals surface area contributed by atoms with Crippen LogP contribution in [-0.4, -0.2) is 35.5 Å². The molecule has 1 aliphatic heterocycles. The minimum atomic E-state index is 0.0254. The number of nitrogens with zero attached hydrogens (tertiary/aromatic N) is 2. The summed E-state index contributed by atoms with van der Waals surface area (Å²) in [4.78, 5) is 19.0. The molecular weight excluding hydrogens is 284 g/mol. The Hall–Kier alpha value is -1.72. The number of amides is 1. The Bertz CT molecular complexity index is 653. The van der Waals surface area contributed by atoms with Gasteiger partial charge >= 0.3 is 0 Å². The van der Waals surface area contributed by atoms with Crippen LogP contribution in [0.15, 0.2) is 29.8 Å². The van der Waals surface area contributed by atoms with Gasteiger partial charge in [0.1, 0.15) is 4.88 Å². The second-order valence-corrected chi connectivity index (χ2v) is 6.21. The van der Waals surface area contributed by atoms with Gasteiger partial charge in [-0.1, -0.05) is 24.3 Å². The van der Waals surface area contributed by atoms with E-state index >= 15 is 0 Å². The molecule has 1 aliphatic rings. The first-order chi connectivity index (χ1) is 10.1. The van der Waals surface area contributed by atoms with Crippen molar-refractivity contribution in [2.75, 3.05) is 13.6 Å². The molecule has 1 unspecified atom stereocenters. The zero-order valence-electron chi connectivity index (χ0n) is 12.2. The second kappa shape index (κ2) is 5.95. The predicted octanol–water partition coefficient (Wildman–Crippen LogP) is 2.67. The maximum absolute atomic E-state index is 12.4. The fourth-order valence-corrected chi connectivity index (χ4v) is 3.39. The van der Waals surface area contributed by atoms with E-state index in [1.807, 2.05) is 20.0 Å². The molecule has 1 amide bonds. The maximum atomic E-state index is 12.4. The molecule has 2 aromatic rings. The number of fused-ring (bicyclic) bond motifs is 1. The Morgan fingerprint density at radius 2 is 2.19 bits per heavy atom. The summed E-state index contributed by atoms with van der Waals surface area (Å²) in [5.74, 6) is 0.0254. The number of aryl methyl sites for hydroxylation is 1. The molecule has 21 heavy (non-hydrogen) atoms. The van der Waals surface area contributed by atoms with Gasteiger partial charge in [0.15, 0.2) is 0 Å². The molecule has 110 valence electrons. The largest absolute Gasteiger partial charge is 0.371 e. The van der Waals surface area contributed by atoms with E-state index in [1.165, 1.54) is 22.5 Å². The van der Waals surface area contributed by atoms with E-state index in [9.17, 15) is 4.79 Å². The zero-order chi connectivity index (χ0) is 14.8. The van der Waals surface area contributed by atoms with Gasteiger partial charge in [-0.15, -0.1) is 11.3 Å². The number of likely N-dealkylation sites (N-methyl/N-ethyl adjacent to an activating group) is 1. The number of rotatable bonds is 3. The molecule has 0 spiro atoms. The smallest absolute Gasteiger partial charge is 0.265 e. The minimum Gasteiger partial charge on any atom is -0.371 e. The van der Waals surface area contributed by atoms with E-state index in [2.05, 4.69) is 23.2 Å². The van der Waals surface area contributed by atoms with E-state index < -0.39 is 0 Å². The van der Waals surface area contributed by atoms with Gasteiger partial charge in [0.05, 0.1) is 23.9 Å². The van der Waals surface area contributed by atoms with E-state index in [4.69, 9.17) is 4.74 Å². The van der Waals surface area contributed by atoms with Crippen LogP contribution in [0.25, 0.3) is 0 Å². The number of ether oxygens (including phenoxy) is 1. The van der Waals surface area contributed by atoms with Crippen LogP contribution in [0.3, 0.4) is 0 Å². The van der Waals surface area contributed by atoms with Gasteiger partial charge in [0, 0.05) is 20.0 Å². The quantitative estimate of drug-likeness (QED) is 0.875. The predicted molar refractivity (Wildman–Crippen MR) is 82.5 cm³/mol. The number of carbonyl (C=O) groups excluding carboxylic acids is 1. The van der Waals surface area contributed by atoms with Gasteiger partial charge in [-0.2, -0.15) is 0 Å². The summed E-state index contributed by atoms with van der Waals surface area (Å²) in [5.41, 5.74) is 5.08. The fraction of sp³-hybridized carbons (Fsp3) is 0.375. The summed E-state index contributed by atoms with van der Waals surface area (Å²) in [5, 5.41) is 0. The normalized spacial score (nSPS) is 17.3. The van der Waals surface area contributed by atoms with Crippen LogP contribution in [0.4, 0.5) is 0 Å². The topological polar surface area (TPSA) is 42.4 Å².